The van der Waals surface area contributed by atoms with Crippen LogP contribution in [0.15, 0.2) is 18.2 Å². The van der Waals surface area contributed by atoms with Gasteiger partial charge in [-0.15, -0.1) is 0 Å². The molecule has 1 aromatic carbocycles. The van der Waals surface area contributed by atoms with Gasteiger partial charge in [0.25, 0.3) is 0 Å². The predicted molar refractivity (Wildman–Crippen MR) is 88.4 cm³/mol. The van der Waals surface area contributed by atoms with Crippen molar-refractivity contribution in [3.8, 4) is 11.5 Å². The number of ether oxygens (including phenoxy) is 4. The third kappa shape index (κ3) is 7.21. The molecule has 7 heteroatoms. The van der Waals surface area contributed by atoms with Gasteiger partial charge in [-0.2, -0.15) is 0 Å². The van der Waals surface area contributed by atoms with E-state index in [9.17, 15) is 9.59 Å². The largest absolute Gasteiger partial charge is 0.493 e. The van der Waals surface area contributed by atoms with Crippen molar-refractivity contribution in [3.05, 3.63) is 23.8 Å². The Morgan fingerprint density at radius 3 is 2.42 bits per heavy atom. The number of carbonyl (C=O) groups is 2. The fraction of sp³-hybridized carbons (Fsp3) is 0.529. The molecule has 0 saturated carbocycles. The minimum atomic E-state index is -0.538. The Hall–Kier alpha value is -2.44. The smallest absolute Gasteiger partial charge is 0.407 e. The number of carbonyl (C=O) groups excluding carboxylic acids is 2. The maximum atomic E-state index is 11.5. The Kier molecular flexibility index (Phi) is 7.35. The molecule has 24 heavy (non-hydrogen) atoms. The van der Waals surface area contributed by atoms with E-state index in [1.165, 1.54) is 14.2 Å². The van der Waals surface area contributed by atoms with Crippen molar-refractivity contribution in [3.63, 3.8) is 0 Å². The molecule has 0 aliphatic rings. The first-order chi connectivity index (χ1) is 11.2. The summed E-state index contributed by atoms with van der Waals surface area (Å²) >= 11 is 0. The highest BCUT2D eigenvalue weighted by Gasteiger charge is 2.15. The van der Waals surface area contributed by atoms with E-state index in [1.54, 1.807) is 39.0 Å². The second-order valence-electron chi connectivity index (χ2n) is 6.02. The van der Waals surface area contributed by atoms with Crippen molar-refractivity contribution in [2.45, 2.75) is 32.8 Å². The lowest BCUT2D eigenvalue weighted by Gasteiger charge is -2.19. The average molecular weight is 339 g/mol. The van der Waals surface area contributed by atoms with Crippen LogP contribution < -0.4 is 14.8 Å². The highest BCUT2D eigenvalue weighted by Crippen LogP contribution is 2.28. The fourth-order valence-electron chi connectivity index (χ4n) is 1.81. The molecule has 0 radical (unpaired) electrons. The molecular weight excluding hydrogens is 314 g/mol. The molecule has 7 nitrogen and oxygen atoms in total. The van der Waals surface area contributed by atoms with E-state index in [2.05, 4.69) is 10.1 Å². The van der Waals surface area contributed by atoms with Crippen LogP contribution in [-0.2, 0) is 20.7 Å². The van der Waals surface area contributed by atoms with Crippen LogP contribution in [0.5, 0.6) is 11.5 Å². The maximum absolute atomic E-state index is 11.5. The van der Waals surface area contributed by atoms with E-state index in [1.807, 2.05) is 0 Å². The lowest BCUT2D eigenvalue weighted by Crippen LogP contribution is -2.34. The minimum Gasteiger partial charge on any atom is -0.493 e. The molecule has 1 rings (SSSR count). The number of benzene rings is 1. The van der Waals surface area contributed by atoms with Gasteiger partial charge in [-0.1, -0.05) is 6.07 Å². The summed E-state index contributed by atoms with van der Waals surface area (Å²) in [6.07, 6.45) is -0.334. The van der Waals surface area contributed by atoms with E-state index in [0.29, 0.717) is 18.0 Å². The maximum Gasteiger partial charge on any atom is 0.407 e. The summed E-state index contributed by atoms with van der Waals surface area (Å²) in [7, 11) is 2.86. The SMILES string of the molecule is COC(=O)Cc1ccc(OCCNC(=O)OC(C)(C)C)c(OC)c1. The number of nitrogens with one attached hydrogen (secondary N) is 1. The first-order valence-corrected chi connectivity index (χ1v) is 7.58. The van der Waals surface area contributed by atoms with Crippen LogP contribution in [0.4, 0.5) is 4.79 Å². The number of alkyl carbamates (subject to hydrolysis) is 1. The molecule has 1 aromatic rings. The number of hydrogen-bond donors (Lipinski definition) is 1. The Labute approximate surface area is 142 Å². The van der Waals surface area contributed by atoms with Crippen LogP contribution in [0, 0.1) is 0 Å². The van der Waals surface area contributed by atoms with Crippen molar-refractivity contribution in [2.75, 3.05) is 27.4 Å². The highest BCUT2D eigenvalue weighted by molar-refractivity contribution is 5.72. The molecule has 134 valence electrons. The summed E-state index contributed by atoms with van der Waals surface area (Å²) in [5, 5.41) is 2.60. The molecule has 0 aliphatic heterocycles. The zero-order valence-electron chi connectivity index (χ0n) is 14.8. The Morgan fingerprint density at radius 1 is 1.12 bits per heavy atom. The van der Waals surface area contributed by atoms with Gasteiger partial charge in [0.05, 0.1) is 27.2 Å². The van der Waals surface area contributed by atoms with Crippen LogP contribution in [0.1, 0.15) is 26.3 Å². The summed E-state index contributed by atoms with van der Waals surface area (Å²) < 4.78 is 20.6. The number of rotatable bonds is 7. The van der Waals surface area contributed by atoms with Gasteiger partial charge >= 0.3 is 12.1 Å². The molecule has 0 bridgehead atoms. The molecular formula is C17H25NO6. The Balaban J connectivity index is 2.50. The molecule has 0 atom stereocenters. The summed E-state index contributed by atoms with van der Waals surface area (Å²) in [6.45, 7) is 5.94. The van der Waals surface area contributed by atoms with Crippen LogP contribution in [0.2, 0.25) is 0 Å². The molecule has 0 fully saturated rings. The van der Waals surface area contributed by atoms with Crippen molar-refractivity contribution >= 4 is 12.1 Å². The van der Waals surface area contributed by atoms with E-state index < -0.39 is 11.7 Å². The molecule has 0 aliphatic carbocycles. The molecule has 0 unspecified atom stereocenters. The standard InChI is InChI=1S/C17H25NO6/c1-17(2,3)24-16(20)18-8-9-23-13-7-6-12(10-14(13)21-4)11-15(19)22-5/h6-7,10H,8-9,11H2,1-5H3,(H,18,20). The Morgan fingerprint density at radius 2 is 1.83 bits per heavy atom. The monoisotopic (exact) mass is 339 g/mol. The zero-order valence-corrected chi connectivity index (χ0v) is 14.8. The van der Waals surface area contributed by atoms with Crippen LogP contribution in [0.3, 0.4) is 0 Å². The summed E-state index contributed by atoms with van der Waals surface area (Å²) in [5.41, 5.74) is 0.224. The molecule has 1 amide bonds. The van der Waals surface area contributed by atoms with Crippen LogP contribution in [0.25, 0.3) is 0 Å². The van der Waals surface area contributed by atoms with E-state index in [0.717, 1.165) is 5.56 Å². The average Bonchev–Trinajstić information content (AvgIpc) is 2.50. The summed E-state index contributed by atoms with van der Waals surface area (Å²) in [6, 6.07) is 5.19. The predicted octanol–water partition coefficient (Wildman–Crippen LogP) is 2.31. The van der Waals surface area contributed by atoms with E-state index >= 15 is 0 Å². The van der Waals surface area contributed by atoms with Crippen molar-refractivity contribution in [1.29, 1.82) is 0 Å². The summed E-state index contributed by atoms with van der Waals surface area (Å²) in [4.78, 5) is 22.8. The van der Waals surface area contributed by atoms with Gasteiger partial charge in [-0.3, -0.25) is 4.79 Å². The van der Waals surface area contributed by atoms with Crippen molar-refractivity contribution in [1.82, 2.24) is 5.32 Å². The number of amides is 1. The van der Waals surface area contributed by atoms with Gasteiger partial charge in [0.2, 0.25) is 0 Å². The fourth-order valence-corrected chi connectivity index (χ4v) is 1.81. The van der Waals surface area contributed by atoms with Gasteiger partial charge in [0, 0.05) is 0 Å². The van der Waals surface area contributed by atoms with E-state index in [-0.39, 0.29) is 19.0 Å². The normalized spacial score (nSPS) is 10.7. The lowest BCUT2D eigenvalue weighted by molar-refractivity contribution is -0.139. The van der Waals surface area contributed by atoms with Crippen LogP contribution >= 0.6 is 0 Å². The summed E-state index contributed by atoms with van der Waals surface area (Å²) in [5.74, 6) is 0.707. The minimum absolute atomic E-state index is 0.160. The molecule has 0 saturated heterocycles. The number of esters is 1. The molecule has 1 N–H and O–H groups in total. The lowest BCUT2D eigenvalue weighted by atomic mass is 10.1. The second kappa shape index (κ2) is 9.00. The van der Waals surface area contributed by atoms with Gasteiger partial charge in [-0.25, -0.2) is 4.79 Å². The first kappa shape index (κ1) is 19.6. The van der Waals surface area contributed by atoms with Crippen LogP contribution in [-0.4, -0.2) is 45.0 Å². The van der Waals surface area contributed by atoms with E-state index in [4.69, 9.17) is 14.2 Å². The molecule has 0 aromatic heterocycles. The van der Waals surface area contributed by atoms with Gasteiger partial charge < -0.3 is 24.3 Å². The number of methoxy groups -OCH3 is 2. The van der Waals surface area contributed by atoms with Gasteiger partial charge in [0.1, 0.15) is 12.2 Å². The third-order valence-corrected chi connectivity index (χ3v) is 2.83. The van der Waals surface area contributed by atoms with Crippen molar-refractivity contribution in [2.24, 2.45) is 0 Å². The van der Waals surface area contributed by atoms with Crippen molar-refractivity contribution < 1.29 is 28.5 Å². The second-order valence-corrected chi connectivity index (χ2v) is 6.02. The third-order valence-electron chi connectivity index (χ3n) is 2.83. The topological polar surface area (TPSA) is 83.1 Å². The van der Waals surface area contributed by atoms with Gasteiger partial charge in [-0.05, 0) is 38.5 Å². The zero-order chi connectivity index (χ0) is 18.2. The quantitative estimate of drug-likeness (QED) is 0.606. The molecule has 0 heterocycles. The molecule has 0 spiro atoms. The Bertz CT molecular complexity index is 565. The first-order valence-electron chi connectivity index (χ1n) is 7.58. The number of hydrogen-bond acceptors (Lipinski definition) is 6. The van der Waals surface area contributed by atoms with Gasteiger partial charge in [0.15, 0.2) is 11.5 Å². The highest BCUT2D eigenvalue weighted by atomic mass is 16.6.